The van der Waals surface area contributed by atoms with Crippen molar-refractivity contribution in [2.75, 3.05) is 38.7 Å². The van der Waals surface area contributed by atoms with Gasteiger partial charge in [0, 0.05) is 32.9 Å². The van der Waals surface area contributed by atoms with Gasteiger partial charge in [0.05, 0.1) is 17.8 Å². The van der Waals surface area contributed by atoms with E-state index in [0.29, 0.717) is 18.7 Å². The Morgan fingerprint density at radius 1 is 1.17 bits per heavy atom. The molecule has 1 heterocycles. The first-order chi connectivity index (χ1) is 10.9. The standard InChI is InChI=1S/C17H24N2O4/c1-12-9-19(10-13(2)23-12)16(20)11-22-17(21)14-5-7-15(8-6-14)18(3)4/h5-8,12-13H,9-11H2,1-4H3/t12-,13-/m1/s1. The molecular weight excluding hydrogens is 296 g/mol. The van der Waals surface area contributed by atoms with Gasteiger partial charge in [-0.1, -0.05) is 0 Å². The Morgan fingerprint density at radius 2 is 1.74 bits per heavy atom. The number of rotatable bonds is 4. The van der Waals surface area contributed by atoms with Crippen LogP contribution in [0.5, 0.6) is 0 Å². The Labute approximate surface area is 137 Å². The highest BCUT2D eigenvalue weighted by Gasteiger charge is 2.26. The Kier molecular flexibility index (Phi) is 5.60. The largest absolute Gasteiger partial charge is 0.452 e. The number of hydrogen-bond acceptors (Lipinski definition) is 5. The predicted octanol–water partition coefficient (Wildman–Crippen LogP) is 1.55. The maximum atomic E-state index is 12.2. The maximum Gasteiger partial charge on any atom is 0.338 e. The second-order valence-electron chi connectivity index (χ2n) is 6.07. The Bertz CT molecular complexity index is 546. The van der Waals surface area contributed by atoms with Gasteiger partial charge in [0.15, 0.2) is 6.61 Å². The van der Waals surface area contributed by atoms with Crippen molar-refractivity contribution in [3.63, 3.8) is 0 Å². The quantitative estimate of drug-likeness (QED) is 0.788. The van der Waals surface area contributed by atoms with Gasteiger partial charge >= 0.3 is 5.97 Å². The second kappa shape index (κ2) is 7.46. The van der Waals surface area contributed by atoms with Crippen LogP contribution >= 0.6 is 0 Å². The molecule has 1 aromatic rings. The molecule has 1 aliphatic rings. The van der Waals surface area contributed by atoms with Gasteiger partial charge in [-0.2, -0.15) is 0 Å². The van der Waals surface area contributed by atoms with E-state index in [-0.39, 0.29) is 24.7 Å². The van der Waals surface area contributed by atoms with Crippen LogP contribution in [0.15, 0.2) is 24.3 Å². The summed E-state index contributed by atoms with van der Waals surface area (Å²) < 4.78 is 10.7. The number of anilines is 1. The lowest BCUT2D eigenvalue weighted by Crippen LogP contribution is -2.49. The van der Waals surface area contributed by atoms with Crippen LogP contribution in [0.3, 0.4) is 0 Å². The van der Waals surface area contributed by atoms with E-state index in [1.165, 1.54) is 0 Å². The van der Waals surface area contributed by atoms with Gasteiger partial charge in [-0.25, -0.2) is 4.79 Å². The van der Waals surface area contributed by atoms with Crippen LogP contribution in [0.1, 0.15) is 24.2 Å². The molecule has 0 aliphatic carbocycles. The minimum absolute atomic E-state index is 0.00280. The molecule has 0 saturated carbocycles. The first kappa shape index (κ1) is 17.3. The summed E-state index contributed by atoms with van der Waals surface area (Å²) in [6.45, 7) is 4.66. The van der Waals surface area contributed by atoms with E-state index in [0.717, 1.165) is 5.69 Å². The highest BCUT2D eigenvalue weighted by atomic mass is 16.5. The summed E-state index contributed by atoms with van der Waals surface area (Å²) in [5, 5.41) is 0. The fourth-order valence-electron chi connectivity index (χ4n) is 2.58. The summed E-state index contributed by atoms with van der Waals surface area (Å²) in [6.07, 6.45) is -0.00559. The van der Waals surface area contributed by atoms with Crippen LogP contribution in [-0.2, 0) is 14.3 Å². The summed E-state index contributed by atoms with van der Waals surface area (Å²) in [4.78, 5) is 27.8. The third-order valence-corrected chi connectivity index (χ3v) is 3.72. The van der Waals surface area contributed by atoms with Gasteiger partial charge in [0.2, 0.25) is 0 Å². The third kappa shape index (κ3) is 4.69. The maximum absolute atomic E-state index is 12.2. The number of benzene rings is 1. The van der Waals surface area contributed by atoms with E-state index in [2.05, 4.69) is 0 Å². The summed E-state index contributed by atoms with van der Waals surface area (Å²) in [5.41, 5.74) is 1.43. The van der Waals surface area contributed by atoms with Crippen LogP contribution in [0, 0.1) is 0 Å². The highest BCUT2D eigenvalue weighted by Crippen LogP contribution is 2.14. The molecule has 6 nitrogen and oxygen atoms in total. The molecular formula is C17H24N2O4. The average molecular weight is 320 g/mol. The van der Waals surface area contributed by atoms with Crippen molar-refractivity contribution in [2.24, 2.45) is 0 Å². The van der Waals surface area contributed by atoms with E-state index in [1.54, 1.807) is 17.0 Å². The summed E-state index contributed by atoms with van der Waals surface area (Å²) in [6, 6.07) is 7.07. The molecule has 0 bridgehead atoms. The Morgan fingerprint density at radius 3 is 2.26 bits per heavy atom. The number of carbonyl (C=O) groups excluding carboxylic acids is 2. The number of esters is 1. The van der Waals surface area contributed by atoms with Crippen molar-refractivity contribution >= 4 is 17.6 Å². The van der Waals surface area contributed by atoms with Crippen LogP contribution in [-0.4, -0.2) is 62.8 Å². The molecule has 1 fully saturated rings. The minimum Gasteiger partial charge on any atom is -0.452 e. The van der Waals surface area contributed by atoms with Crippen molar-refractivity contribution in [3.8, 4) is 0 Å². The lowest BCUT2D eigenvalue weighted by molar-refractivity contribution is -0.146. The van der Waals surface area contributed by atoms with E-state index in [1.807, 2.05) is 45.0 Å². The SMILES string of the molecule is C[C@@H]1CN(C(=O)COC(=O)c2ccc(N(C)C)cc2)C[C@@H](C)O1. The number of ether oxygens (including phenoxy) is 2. The lowest BCUT2D eigenvalue weighted by atomic mass is 10.2. The number of morpholine rings is 1. The van der Waals surface area contributed by atoms with Gasteiger partial charge < -0.3 is 19.3 Å². The van der Waals surface area contributed by atoms with Crippen LogP contribution in [0.4, 0.5) is 5.69 Å². The van der Waals surface area contributed by atoms with Crippen LogP contribution in [0.2, 0.25) is 0 Å². The van der Waals surface area contributed by atoms with E-state index < -0.39 is 5.97 Å². The molecule has 6 heteroatoms. The highest BCUT2D eigenvalue weighted by molar-refractivity contribution is 5.91. The third-order valence-electron chi connectivity index (χ3n) is 3.72. The van der Waals surface area contributed by atoms with Crippen molar-refractivity contribution in [3.05, 3.63) is 29.8 Å². The molecule has 0 N–H and O–H groups in total. The number of carbonyl (C=O) groups is 2. The van der Waals surface area contributed by atoms with E-state index in [9.17, 15) is 9.59 Å². The zero-order valence-corrected chi connectivity index (χ0v) is 14.1. The molecule has 23 heavy (non-hydrogen) atoms. The summed E-state index contributed by atoms with van der Waals surface area (Å²) in [7, 11) is 3.85. The molecule has 0 radical (unpaired) electrons. The molecule has 0 unspecified atom stereocenters. The average Bonchev–Trinajstić information content (AvgIpc) is 2.51. The van der Waals surface area contributed by atoms with E-state index in [4.69, 9.17) is 9.47 Å². The molecule has 126 valence electrons. The second-order valence-corrected chi connectivity index (χ2v) is 6.07. The normalized spacial score (nSPS) is 21.0. The van der Waals surface area contributed by atoms with Crippen molar-refractivity contribution < 1.29 is 19.1 Å². The number of nitrogens with zero attached hydrogens (tertiary/aromatic N) is 2. The van der Waals surface area contributed by atoms with Gasteiger partial charge in [-0.15, -0.1) is 0 Å². The van der Waals surface area contributed by atoms with Gasteiger partial charge in [-0.3, -0.25) is 4.79 Å². The zero-order chi connectivity index (χ0) is 17.0. The molecule has 1 aliphatic heterocycles. The Balaban J connectivity index is 1.87. The molecule has 1 saturated heterocycles. The predicted molar refractivity (Wildman–Crippen MR) is 87.6 cm³/mol. The van der Waals surface area contributed by atoms with Gasteiger partial charge in [0.25, 0.3) is 5.91 Å². The Hall–Kier alpha value is -2.08. The van der Waals surface area contributed by atoms with E-state index >= 15 is 0 Å². The fraction of sp³-hybridized carbons (Fsp3) is 0.529. The van der Waals surface area contributed by atoms with Crippen molar-refractivity contribution in [1.29, 1.82) is 0 Å². The van der Waals surface area contributed by atoms with Gasteiger partial charge in [0.1, 0.15) is 0 Å². The lowest BCUT2D eigenvalue weighted by Gasteiger charge is -2.35. The summed E-state index contributed by atoms with van der Waals surface area (Å²) >= 11 is 0. The molecule has 2 rings (SSSR count). The van der Waals surface area contributed by atoms with Crippen LogP contribution < -0.4 is 4.90 Å². The zero-order valence-electron chi connectivity index (χ0n) is 14.1. The smallest absolute Gasteiger partial charge is 0.338 e. The fourth-order valence-corrected chi connectivity index (χ4v) is 2.58. The van der Waals surface area contributed by atoms with Gasteiger partial charge in [-0.05, 0) is 38.1 Å². The summed E-state index contributed by atoms with van der Waals surface area (Å²) in [5.74, 6) is -0.678. The van der Waals surface area contributed by atoms with Crippen LogP contribution in [0.25, 0.3) is 0 Å². The molecule has 0 spiro atoms. The molecule has 0 aromatic heterocycles. The molecule has 1 aromatic carbocycles. The van der Waals surface area contributed by atoms with Crippen molar-refractivity contribution in [2.45, 2.75) is 26.1 Å². The number of amides is 1. The first-order valence-electron chi connectivity index (χ1n) is 7.74. The molecule has 1 amide bonds. The molecule has 2 atom stereocenters. The first-order valence-corrected chi connectivity index (χ1v) is 7.74. The number of hydrogen-bond donors (Lipinski definition) is 0. The van der Waals surface area contributed by atoms with Crippen molar-refractivity contribution in [1.82, 2.24) is 4.90 Å². The topological polar surface area (TPSA) is 59.1 Å². The monoisotopic (exact) mass is 320 g/mol. The minimum atomic E-state index is -0.488.